The minimum absolute atomic E-state index is 0.00959. The van der Waals surface area contributed by atoms with Crippen molar-refractivity contribution in [2.24, 2.45) is 5.92 Å². The standard InChI is InChI=1S/C33H39Cl3N4O5/c1-21-14-28(34)32(29(35)15-21)45-13-12-44-31-8-5-22(17-38-31)26-9-10-37-18-27(26)33(41)39(24-6-7-24)19-23-16-25(4-3-11-43-2)40(42)20-30(23)36/h5,8,14-17,20,24,26-27,37H,3-4,6-7,9-13,18-19H2,1-2H3/t26-,27+/m1/s1. The van der Waals surface area contributed by atoms with E-state index in [-0.39, 0.29) is 37.0 Å². The van der Waals surface area contributed by atoms with Gasteiger partial charge in [-0.2, -0.15) is 4.73 Å². The van der Waals surface area contributed by atoms with Gasteiger partial charge < -0.3 is 29.6 Å². The molecule has 1 aliphatic carbocycles. The molecule has 0 unspecified atom stereocenters. The molecule has 3 aromatic rings. The molecule has 1 amide bonds. The molecule has 0 spiro atoms. The summed E-state index contributed by atoms with van der Waals surface area (Å²) in [5.74, 6) is 0.754. The number of aromatic nitrogens is 2. The highest BCUT2D eigenvalue weighted by atomic mass is 35.5. The fraction of sp³-hybridized carbons (Fsp3) is 0.485. The fourth-order valence-corrected chi connectivity index (χ4v) is 6.71. The molecule has 1 saturated carbocycles. The van der Waals surface area contributed by atoms with Crippen molar-refractivity contribution in [3.05, 3.63) is 85.4 Å². The Labute approximate surface area is 279 Å². The van der Waals surface area contributed by atoms with Crippen LogP contribution >= 0.6 is 34.8 Å². The van der Waals surface area contributed by atoms with E-state index in [0.717, 1.165) is 53.6 Å². The van der Waals surface area contributed by atoms with E-state index in [2.05, 4.69) is 10.3 Å². The Morgan fingerprint density at radius 2 is 1.82 bits per heavy atom. The molecule has 2 aliphatic rings. The van der Waals surface area contributed by atoms with Gasteiger partial charge in [0.15, 0.2) is 17.6 Å². The molecule has 1 aromatic carbocycles. The summed E-state index contributed by atoms with van der Waals surface area (Å²) >= 11 is 19.0. The van der Waals surface area contributed by atoms with Gasteiger partial charge in [0.05, 0.1) is 16.0 Å². The lowest BCUT2D eigenvalue weighted by Gasteiger charge is -2.35. The van der Waals surface area contributed by atoms with E-state index < -0.39 is 0 Å². The highest BCUT2D eigenvalue weighted by Gasteiger charge is 2.40. The molecule has 3 heterocycles. The van der Waals surface area contributed by atoms with Crippen LogP contribution in [0.3, 0.4) is 0 Å². The smallest absolute Gasteiger partial charge is 0.228 e. The number of aryl methyl sites for hydroxylation is 2. The summed E-state index contributed by atoms with van der Waals surface area (Å²) in [6, 6.07) is 9.43. The molecule has 242 valence electrons. The van der Waals surface area contributed by atoms with E-state index in [1.54, 1.807) is 25.4 Å². The van der Waals surface area contributed by atoms with Gasteiger partial charge in [0.1, 0.15) is 18.2 Å². The highest BCUT2D eigenvalue weighted by molar-refractivity contribution is 6.37. The Bertz CT molecular complexity index is 1450. The third-order valence-corrected chi connectivity index (χ3v) is 9.16. The first-order valence-corrected chi connectivity index (χ1v) is 16.5. The van der Waals surface area contributed by atoms with Crippen LogP contribution in [0.4, 0.5) is 0 Å². The number of hydrogen-bond acceptors (Lipinski definition) is 7. The number of hydrogen-bond donors (Lipinski definition) is 1. The number of halogens is 3. The second kappa shape index (κ2) is 15.6. The summed E-state index contributed by atoms with van der Waals surface area (Å²) < 4.78 is 17.5. The van der Waals surface area contributed by atoms with E-state index in [1.165, 1.54) is 6.20 Å². The SMILES string of the molecule is COCCCc1cc(CN(C(=O)[C@H]2CNCC[C@@H]2c2ccc(OCCOc3c(Cl)cc(C)cc3Cl)nc2)C2CC2)c(Cl)c[n+]1[O-]. The number of pyridine rings is 2. The maximum atomic E-state index is 14.1. The van der Waals surface area contributed by atoms with Crippen molar-refractivity contribution in [3.8, 4) is 11.6 Å². The minimum Gasteiger partial charge on any atom is -0.618 e. The van der Waals surface area contributed by atoms with Gasteiger partial charge in [0.25, 0.3) is 0 Å². The average Bonchev–Trinajstić information content (AvgIpc) is 3.86. The van der Waals surface area contributed by atoms with Crippen molar-refractivity contribution < 1.29 is 23.7 Å². The maximum Gasteiger partial charge on any atom is 0.228 e. The summed E-state index contributed by atoms with van der Waals surface area (Å²) in [5.41, 5.74) is 3.36. The molecule has 1 aliphatic heterocycles. The summed E-state index contributed by atoms with van der Waals surface area (Å²) in [6.07, 6.45) is 7.23. The van der Waals surface area contributed by atoms with Crippen LogP contribution in [0.25, 0.3) is 0 Å². The van der Waals surface area contributed by atoms with Gasteiger partial charge in [-0.3, -0.25) is 4.79 Å². The van der Waals surface area contributed by atoms with E-state index in [4.69, 9.17) is 49.0 Å². The highest BCUT2D eigenvalue weighted by Crippen LogP contribution is 2.37. The quantitative estimate of drug-likeness (QED) is 0.129. The number of nitrogens with zero attached hydrogens (tertiary/aromatic N) is 3. The molecule has 5 rings (SSSR count). The predicted octanol–water partition coefficient (Wildman–Crippen LogP) is 5.90. The average molecular weight is 678 g/mol. The Hall–Kier alpha value is -2.82. The molecule has 2 aromatic heterocycles. The van der Waals surface area contributed by atoms with E-state index in [0.29, 0.717) is 58.5 Å². The van der Waals surface area contributed by atoms with Crippen LogP contribution < -0.4 is 19.5 Å². The monoisotopic (exact) mass is 676 g/mol. The summed E-state index contributed by atoms with van der Waals surface area (Å²) in [5, 5.41) is 17.2. The van der Waals surface area contributed by atoms with Gasteiger partial charge in [0.2, 0.25) is 11.8 Å². The van der Waals surface area contributed by atoms with E-state index in [9.17, 15) is 10.0 Å². The lowest BCUT2D eigenvalue weighted by molar-refractivity contribution is -0.614. The number of methoxy groups -OCH3 is 1. The number of amides is 1. The molecule has 2 atom stereocenters. The number of benzene rings is 1. The summed E-state index contributed by atoms with van der Waals surface area (Å²) in [4.78, 5) is 20.6. The van der Waals surface area contributed by atoms with Gasteiger partial charge in [0, 0.05) is 63.2 Å². The second-order valence-corrected chi connectivity index (χ2v) is 12.9. The van der Waals surface area contributed by atoms with Gasteiger partial charge in [-0.25, -0.2) is 4.98 Å². The summed E-state index contributed by atoms with van der Waals surface area (Å²) in [6.45, 7) is 4.76. The van der Waals surface area contributed by atoms with E-state index >= 15 is 0 Å². The van der Waals surface area contributed by atoms with Crippen LogP contribution in [0, 0.1) is 18.0 Å². The van der Waals surface area contributed by atoms with Crippen LogP contribution in [0.1, 0.15) is 54.0 Å². The first-order chi connectivity index (χ1) is 21.7. The van der Waals surface area contributed by atoms with Crippen LogP contribution in [0.5, 0.6) is 11.6 Å². The number of rotatable bonds is 14. The Morgan fingerprint density at radius 1 is 1.07 bits per heavy atom. The second-order valence-electron chi connectivity index (χ2n) is 11.6. The zero-order valence-corrected chi connectivity index (χ0v) is 27.8. The third-order valence-electron chi connectivity index (χ3n) is 8.26. The Kier molecular flexibility index (Phi) is 11.7. The van der Waals surface area contributed by atoms with Gasteiger partial charge in [-0.05, 0) is 68.3 Å². The number of ether oxygens (including phenoxy) is 3. The zero-order valence-electron chi connectivity index (χ0n) is 25.6. The molecular formula is C33H39Cl3N4O5. The molecule has 2 fully saturated rings. The lowest BCUT2D eigenvalue weighted by Crippen LogP contribution is -2.47. The third kappa shape index (κ3) is 8.71. The van der Waals surface area contributed by atoms with Gasteiger partial charge >= 0.3 is 0 Å². The zero-order chi connectivity index (χ0) is 31.9. The molecule has 1 saturated heterocycles. The Balaban J connectivity index is 1.22. The van der Waals surface area contributed by atoms with Gasteiger partial charge in [-0.1, -0.05) is 40.9 Å². The first kappa shape index (κ1) is 33.5. The largest absolute Gasteiger partial charge is 0.618 e. The lowest BCUT2D eigenvalue weighted by atomic mass is 9.81. The van der Waals surface area contributed by atoms with Crippen LogP contribution in [-0.2, 0) is 22.5 Å². The molecule has 9 nitrogen and oxygen atoms in total. The maximum absolute atomic E-state index is 14.1. The fourth-order valence-electron chi connectivity index (χ4n) is 5.80. The Morgan fingerprint density at radius 3 is 2.51 bits per heavy atom. The number of carbonyl (C=O) groups is 1. The van der Waals surface area contributed by atoms with Crippen LogP contribution in [0.15, 0.2) is 42.7 Å². The van der Waals surface area contributed by atoms with Crippen molar-refractivity contribution in [2.45, 2.75) is 57.5 Å². The molecular weight excluding hydrogens is 639 g/mol. The molecule has 0 bridgehead atoms. The molecule has 1 N–H and O–H groups in total. The minimum atomic E-state index is -0.251. The van der Waals surface area contributed by atoms with E-state index in [1.807, 2.05) is 30.0 Å². The van der Waals surface area contributed by atoms with Crippen molar-refractivity contribution in [3.63, 3.8) is 0 Å². The van der Waals surface area contributed by atoms with Crippen LogP contribution in [-0.4, -0.2) is 61.9 Å². The first-order valence-electron chi connectivity index (χ1n) is 15.3. The van der Waals surface area contributed by atoms with Crippen molar-refractivity contribution in [1.82, 2.24) is 15.2 Å². The summed E-state index contributed by atoms with van der Waals surface area (Å²) in [7, 11) is 1.64. The normalized spacial score (nSPS) is 18.1. The van der Waals surface area contributed by atoms with Crippen molar-refractivity contribution in [1.29, 1.82) is 0 Å². The van der Waals surface area contributed by atoms with Crippen LogP contribution in [0.2, 0.25) is 15.1 Å². The van der Waals surface area contributed by atoms with Crippen molar-refractivity contribution in [2.75, 3.05) is 40.0 Å². The molecule has 0 radical (unpaired) electrons. The van der Waals surface area contributed by atoms with Gasteiger partial charge in [-0.15, -0.1) is 0 Å². The molecule has 45 heavy (non-hydrogen) atoms. The molecule has 12 heteroatoms. The topological polar surface area (TPSA) is 99.9 Å². The number of piperidine rings is 1. The number of carbonyl (C=O) groups excluding carboxylic acids is 1. The number of nitrogens with one attached hydrogen (secondary N) is 1. The van der Waals surface area contributed by atoms with Crippen molar-refractivity contribution >= 4 is 40.7 Å². The predicted molar refractivity (Wildman–Crippen MR) is 174 cm³/mol.